The van der Waals surface area contributed by atoms with E-state index in [4.69, 9.17) is 46.4 Å². The van der Waals surface area contributed by atoms with Crippen LogP contribution in [-0.2, 0) is 22.6 Å². The Morgan fingerprint density at radius 1 is 0.867 bits per heavy atom. The summed E-state index contributed by atoms with van der Waals surface area (Å²) in [6.07, 6.45) is 0.0833. The van der Waals surface area contributed by atoms with Gasteiger partial charge in [-0.3, -0.25) is 9.59 Å². The molecule has 0 bridgehead atoms. The third-order valence-electron chi connectivity index (χ3n) is 4.53. The molecule has 0 spiro atoms. The van der Waals surface area contributed by atoms with E-state index in [-0.39, 0.29) is 24.8 Å². The van der Waals surface area contributed by atoms with Gasteiger partial charge in [0.2, 0.25) is 11.8 Å². The van der Waals surface area contributed by atoms with Crippen LogP contribution < -0.4 is 5.32 Å². The third-order valence-corrected chi connectivity index (χ3v) is 6.01. The lowest BCUT2D eigenvalue weighted by Gasteiger charge is -2.29. The molecule has 0 saturated heterocycles. The maximum absolute atomic E-state index is 13.2. The van der Waals surface area contributed by atoms with Crippen LogP contribution in [0.25, 0.3) is 0 Å². The minimum Gasteiger partial charge on any atom is -0.354 e. The molecular formula is C22H24Cl4N2O2. The molecule has 1 atom stereocenters. The summed E-state index contributed by atoms with van der Waals surface area (Å²) in [5.74, 6) is -0.130. The summed E-state index contributed by atoms with van der Waals surface area (Å²) in [5, 5.41) is 4.50. The number of amides is 2. The molecule has 1 N–H and O–H groups in total. The standard InChI is InChI=1S/C22H24Cl4N2O2/c1-13(2)11-27-22(30)14(3)28(12-16-5-7-18(24)20(26)9-16)21(29)10-15-4-6-17(23)19(25)8-15/h4-9,13-14H,10-12H2,1-3H3,(H,27,30)/t14-/m0/s1. The first-order valence-electron chi connectivity index (χ1n) is 9.53. The highest BCUT2D eigenvalue weighted by Crippen LogP contribution is 2.25. The van der Waals surface area contributed by atoms with Crippen molar-refractivity contribution in [1.29, 1.82) is 0 Å². The summed E-state index contributed by atoms with van der Waals surface area (Å²) >= 11 is 24.2. The van der Waals surface area contributed by atoms with E-state index >= 15 is 0 Å². The fraction of sp³-hybridized carbons (Fsp3) is 0.364. The summed E-state index contributed by atoms with van der Waals surface area (Å²) < 4.78 is 0. The number of halogens is 4. The maximum atomic E-state index is 13.2. The summed E-state index contributed by atoms with van der Waals surface area (Å²) in [7, 11) is 0. The normalized spacial score (nSPS) is 12.0. The highest BCUT2D eigenvalue weighted by Gasteiger charge is 2.26. The number of carbonyl (C=O) groups excluding carboxylic acids is 2. The average molecular weight is 490 g/mol. The van der Waals surface area contributed by atoms with Crippen LogP contribution in [0.4, 0.5) is 0 Å². The van der Waals surface area contributed by atoms with Crippen LogP contribution in [0.5, 0.6) is 0 Å². The molecule has 0 unspecified atom stereocenters. The van der Waals surface area contributed by atoms with Gasteiger partial charge in [0.25, 0.3) is 0 Å². The molecule has 30 heavy (non-hydrogen) atoms. The van der Waals surface area contributed by atoms with Gasteiger partial charge in [0, 0.05) is 13.1 Å². The lowest BCUT2D eigenvalue weighted by atomic mass is 10.1. The minimum atomic E-state index is -0.673. The van der Waals surface area contributed by atoms with Crippen molar-refractivity contribution < 1.29 is 9.59 Å². The zero-order valence-electron chi connectivity index (χ0n) is 17.0. The maximum Gasteiger partial charge on any atom is 0.242 e. The molecule has 2 aromatic carbocycles. The lowest BCUT2D eigenvalue weighted by molar-refractivity contribution is -0.140. The molecule has 2 amide bonds. The molecule has 0 heterocycles. The van der Waals surface area contributed by atoms with Gasteiger partial charge in [-0.2, -0.15) is 0 Å². The molecular weight excluding hydrogens is 466 g/mol. The Labute approximate surface area is 197 Å². The van der Waals surface area contributed by atoms with E-state index in [0.29, 0.717) is 38.1 Å². The van der Waals surface area contributed by atoms with Gasteiger partial charge in [-0.1, -0.05) is 72.4 Å². The Kier molecular flexibility index (Phi) is 9.30. The Balaban J connectivity index is 2.25. The molecule has 4 nitrogen and oxygen atoms in total. The zero-order chi connectivity index (χ0) is 22.4. The molecule has 2 aromatic rings. The quantitative estimate of drug-likeness (QED) is 0.491. The predicted octanol–water partition coefficient (Wildman–Crippen LogP) is 6.03. The Hall–Kier alpha value is -1.46. The SMILES string of the molecule is CC(C)CNC(=O)[C@H](C)N(Cc1ccc(Cl)c(Cl)c1)C(=O)Cc1ccc(Cl)c(Cl)c1. The number of hydrogen-bond acceptors (Lipinski definition) is 2. The molecule has 8 heteroatoms. The topological polar surface area (TPSA) is 49.4 Å². The van der Waals surface area contributed by atoms with Crippen molar-refractivity contribution >= 4 is 58.2 Å². The van der Waals surface area contributed by atoms with Gasteiger partial charge < -0.3 is 10.2 Å². The van der Waals surface area contributed by atoms with Crippen molar-refractivity contribution in [3.05, 3.63) is 67.6 Å². The Morgan fingerprint density at radius 3 is 1.93 bits per heavy atom. The van der Waals surface area contributed by atoms with Crippen LogP contribution >= 0.6 is 46.4 Å². The molecule has 0 aliphatic heterocycles. The van der Waals surface area contributed by atoms with E-state index in [0.717, 1.165) is 5.56 Å². The number of carbonyl (C=O) groups is 2. The van der Waals surface area contributed by atoms with E-state index in [9.17, 15) is 9.59 Å². The zero-order valence-corrected chi connectivity index (χ0v) is 20.0. The lowest BCUT2D eigenvalue weighted by Crippen LogP contribution is -2.48. The van der Waals surface area contributed by atoms with Crippen molar-refractivity contribution in [1.82, 2.24) is 10.2 Å². The predicted molar refractivity (Wildman–Crippen MR) is 124 cm³/mol. The molecule has 2 rings (SSSR count). The van der Waals surface area contributed by atoms with Crippen LogP contribution in [0, 0.1) is 5.92 Å². The van der Waals surface area contributed by atoms with Crippen LogP contribution in [0.2, 0.25) is 20.1 Å². The van der Waals surface area contributed by atoms with E-state index in [1.165, 1.54) is 4.90 Å². The highest BCUT2D eigenvalue weighted by atomic mass is 35.5. The van der Waals surface area contributed by atoms with Crippen LogP contribution in [0.1, 0.15) is 31.9 Å². The van der Waals surface area contributed by atoms with Crippen molar-refractivity contribution in [2.24, 2.45) is 5.92 Å². The van der Waals surface area contributed by atoms with Gasteiger partial charge in [-0.05, 0) is 48.2 Å². The summed E-state index contributed by atoms with van der Waals surface area (Å²) in [6.45, 7) is 6.47. The van der Waals surface area contributed by atoms with Gasteiger partial charge in [0.05, 0.1) is 26.5 Å². The van der Waals surface area contributed by atoms with Gasteiger partial charge in [-0.25, -0.2) is 0 Å². The van der Waals surface area contributed by atoms with E-state index in [1.54, 1.807) is 43.3 Å². The average Bonchev–Trinajstić information content (AvgIpc) is 2.69. The third kappa shape index (κ3) is 7.05. The number of benzene rings is 2. The van der Waals surface area contributed by atoms with Crippen molar-refractivity contribution in [3.63, 3.8) is 0 Å². The van der Waals surface area contributed by atoms with Gasteiger partial charge in [-0.15, -0.1) is 0 Å². The summed E-state index contributed by atoms with van der Waals surface area (Å²) in [4.78, 5) is 27.4. The van der Waals surface area contributed by atoms with E-state index in [1.807, 2.05) is 13.8 Å². The van der Waals surface area contributed by atoms with Crippen molar-refractivity contribution in [2.75, 3.05) is 6.54 Å². The van der Waals surface area contributed by atoms with Crippen LogP contribution in [-0.4, -0.2) is 29.3 Å². The molecule has 0 saturated carbocycles. The monoisotopic (exact) mass is 488 g/mol. The van der Waals surface area contributed by atoms with E-state index in [2.05, 4.69) is 5.32 Å². The van der Waals surface area contributed by atoms with Crippen LogP contribution in [0.3, 0.4) is 0 Å². The number of nitrogens with zero attached hydrogens (tertiary/aromatic N) is 1. The summed E-state index contributed by atoms with van der Waals surface area (Å²) in [5.41, 5.74) is 1.48. The van der Waals surface area contributed by atoms with Gasteiger partial charge in [0.1, 0.15) is 6.04 Å². The van der Waals surface area contributed by atoms with Gasteiger partial charge in [0.15, 0.2) is 0 Å². The van der Waals surface area contributed by atoms with E-state index < -0.39 is 6.04 Å². The molecule has 0 radical (unpaired) electrons. The fourth-order valence-corrected chi connectivity index (χ4v) is 3.44. The smallest absolute Gasteiger partial charge is 0.242 e. The molecule has 0 aliphatic carbocycles. The Morgan fingerprint density at radius 2 is 1.40 bits per heavy atom. The first-order chi connectivity index (χ1) is 14.1. The Bertz CT molecular complexity index is 918. The molecule has 0 aliphatic rings. The van der Waals surface area contributed by atoms with Gasteiger partial charge >= 0.3 is 0 Å². The number of nitrogens with one attached hydrogen (secondary N) is 1. The van der Waals surface area contributed by atoms with Crippen LogP contribution in [0.15, 0.2) is 36.4 Å². The highest BCUT2D eigenvalue weighted by molar-refractivity contribution is 6.42. The second kappa shape index (κ2) is 11.2. The number of hydrogen-bond donors (Lipinski definition) is 1. The fourth-order valence-electron chi connectivity index (χ4n) is 2.80. The second-order valence-corrected chi connectivity index (χ2v) is 9.14. The first kappa shape index (κ1) is 24.8. The van der Waals surface area contributed by atoms with Crippen molar-refractivity contribution in [3.8, 4) is 0 Å². The first-order valence-corrected chi connectivity index (χ1v) is 11.0. The minimum absolute atomic E-state index is 0.0833. The largest absolute Gasteiger partial charge is 0.354 e. The van der Waals surface area contributed by atoms with Crippen molar-refractivity contribution in [2.45, 2.75) is 39.8 Å². The second-order valence-electron chi connectivity index (χ2n) is 7.51. The number of rotatable bonds is 8. The summed E-state index contributed by atoms with van der Waals surface area (Å²) in [6, 6.07) is 9.52. The molecule has 0 fully saturated rings. The molecule has 0 aromatic heterocycles. The molecule has 162 valence electrons.